The van der Waals surface area contributed by atoms with E-state index in [1.807, 2.05) is 0 Å². The van der Waals surface area contributed by atoms with E-state index < -0.39 is 0 Å². The second kappa shape index (κ2) is 5.39. The maximum Gasteiger partial charge on any atom is 0.0348 e. The molecule has 0 heterocycles. The minimum atomic E-state index is 0.691. The van der Waals surface area contributed by atoms with Gasteiger partial charge in [0.2, 0.25) is 0 Å². The topological polar surface area (TPSA) is 12.0 Å². The molecule has 1 N–H and O–H groups in total. The fourth-order valence-electron chi connectivity index (χ4n) is 1.10. The third-order valence-electron chi connectivity index (χ3n) is 1.67. The summed E-state index contributed by atoms with van der Waals surface area (Å²) in [5.41, 5.74) is 1.39. The summed E-state index contributed by atoms with van der Waals surface area (Å²) in [4.78, 5) is 0. The minimum Gasteiger partial charge on any atom is -0.312 e. The molecule has 0 aromatic carbocycles. The van der Waals surface area contributed by atoms with Gasteiger partial charge >= 0.3 is 0 Å². The lowest BCUT2D eigenvalue weighted by Crippen LogP contribution is -2.19. The number of allylic oxidation sites excluding steroid dienone is 2. The Morgan fingerprint density at radius 2 is 2.36 bits per heavy atom. The molecule has 1 aliphatic carbocycles. The van der Waals surface area contributed by atoms with Gasteiger partial charge in [0.05, 0.1) is 0 Å². The van der Waals surface area contributed by atoms with Crippen LogP contribution in [0.4, 0.5) is 0 Å². The molecule has 0 bridgehead atoms. The first kappa shape index (κ1) is 8.82. The third-order valence-corrected chi connectivity index (χ3v) is 1.86. The van der Waals surface area contributed by atoms with Crippen LogP contribution in [0.1, 0.15) is 12.8 Å². The molecule has 11 heavy (non-hydrogen) atoms. The second-order valence-electron chi connectivity index (χ2n) is 2.62. The van der Waals surface area contributed by atoms with Gasteiger partial charge < -0.3 is 5.32 Å². The maximum absolute atomic E-state index is 5.52. The zero-order valence-electron chi connectivity index (χ0n) is 6.65. The van der Waals surface area contributed by atoms with Crippen molar-refractivity contribution in [3.05, 3.63) is 23.8 Å². The summed E-state index contributed by atoms with van der Waals surface area (Å²) in [6.07, 6.45) is 9.07. The van der Waals surface area contributed by atoms with Crippen LogP contribution < -0.4 is 5.32 Å². The van der Waals surface area contributed by atoms with Crippen LogP contribution in [0.5, 0.6) is 0 Å². The monoisotopic (exact) mass is 171 g/mol. The van der Waals surface area contributed by atoms with Crippen LogP contribution in [-0.4, -0.2) is 19.0 Å². The Morgan fingerprint density at radius 3 is 3.00 bits per heavy atom. The molecule has 0 aromatic rings. The molecular formula is C9H14ClN. The third kappa shape index (κ3) is 3.59. The van der Waals surface area contributed by atoms with Crippen molar-refractivity contribution < 1.29 is 0 Å². The molecule has 1 aliphatic rings. The lowest BCUT2D eigenvalue weighted by molar-refractivity contribution is 0.781. The fourth-order valence-corrected chi connectivity index (χ4v) is 1.23. The van der Waals surface area contributed by atoms with Crippen molar-refractivity contribution in [2.45, 2.75) is 12.8 Å². The van der Waals surface area contributed by atoms with Gasteiger partial charge in [-0.1, -0.05) is 18.2 Å². The van der Waals surface area contributed by atoms with Crippen molar-refractivity contribution in [3.8, 4) is 0 Å². The number of hydrogen-bond donors (Lipinski definition) is 1. The van der Waals surface area contributed by atoms with Crippen LogP contribution in [0.3, 0.4) is 0 Å². The van der Waals surface area contributed by atoms with Crippen molar-refractivity contribution in [2.24, 2.45) is 0 Å². The quantitative estimate of drug-likeness (QED) is 0.505. The van der Waals surface area contributed by atoms with Crippen LogP contribution in [0.2, 0.25) is 0 Å². The lowest BCUT2D eigenvalue weighted by Gasteiger charge is -2.06. The molecule has 1 rings (SSSR count). The normalized spacial score (nSPS) is 16.6. The number of alkyl halides is 1. The van der Waals surface area contributed by atoms with Crippen LogP contribution in [0, 0.1) is 0 Å². The van der Waals surface area contributed by atoms with E-state index >= 15 is 0 Å². The predicted octanol–water partition coefficient (Wildman–Crippen LogP) is 2.09. The second-order valence-corrected chi connectivity index (χ2v) is 3.00. The Hall–Kier alpha value is -0.270. The molecule has 0 saturated carbocycles. The lowest BCUT2D eigenvalue weighted by atomic mass is 10.1. The molecule has 0 saturated heterocycles. The summed E-state index contributed by atoms with van der Waals surface area (Å²) in [5, 5.41) is 3.25. The average Bonchev–Trinajstić information content (AvgIpc) is 2.07. The Labute approximate surface area is 73.1 Å². The highest BCUT2D eigenvalue weighted by atomic mass is 35.5. The summed E-state index contributed by atoms with van der Waals surface area (Å²) in [7, 11) is 0. The van der Waals surface area contributed by atoms with Gasteiger partial charge in [0.25, 0.3) is 0 Å². The molecule has 62 valence electrons. The number of halogens is 1. The van der Waals surface area contributed by atoms with E-state index in [4.69, 9.17) is 11.6 Å². The van der Waals surface area contributed by atoms with E-state index in [9.17, 15) is 0 Å². The van der Waals surface area contributed by atoms with Crippen molar-refractivity contribution in [2.75, 3.05) is 19.0 Å². The molecule has 0 atom stereocenters. The number of nitrogens with one attached hydrogen (secondary N) is 1. The van der Waals surface area contributed by atoms with E-state index in [0.717, 1.165) is 13.1 Å². The number of rotatable bonds is 4. The van der Waals surface area contributed by atoms with E-state index in [1.165, 1.54) is 18.4 Å². The molecule has 0 spiro atoms. The van der Waals surface area contributed by atoms with Crippen LogP contribution in [0.25, 0.3) is 0 Å². The molecule has 2 heteroatoms. The summed E-state index contributed by atoms with van der Waals surface area (Å²) in [5.74, 6) is 0.691. The Bertz CT molecular complexity index is 161. The van der Waals surface area contributed by atoms with Crippen LogP contribution >= 0.6 is 11.6 Å². The van der Waals surface area contributed by atoms with Crippen LogP contribution in [-0.2, 0) is 0 Å². The highest BCUT2D eigenvalue weighted by Crippen LogP contribution is 2.07. The smallest absolute Gasteiger partial charge is 0.0348 e. The molecule has 1 nitrogen and oxygen atoms in total. The Balaban J connectivity index is 2.15. The van der Waals surface area contributed by atoms with Crippen molar-refractivity contribution in [3.63, 3.8) is 0 Å². The van der Waals surface area contributed by atoms with Gasteiger partial charge in [-0.05, 0) is 18.4 Å². The van der Waals surface area contributed by atoms with E-state index in [0.29, 0.717) is 5.88 Å². The summed E-state index contributed by atoms with van der Waals surface area (Å²) in [6.45, 7) is 1.86. The van der Waals surface area contributed by atoms with Gasteiger partial charge in [0, 0.05) is 19.0 Å². The van der Waals surface area contributed by atoms with Crippen molar-refractivity contribution in [1.82, 2.24) is 5.32 Å². The first-order valence-corrected chi connectivity index (χ1v) is 4.59. The van der Waals surface area contributed by atoms with Gasteiger partial charge in [-0.25, -0.2) is 0 Å². The van der Waals surface area contributed by atoms with E-state index in [-0.39, 0.29) is 0 Å². The standard InChI is InChI=1S/C9H14ClN/c10-6-7-11-8-9-4-2-1-3-5-9/h2,4-5,11H,1,3,6-8H2. The minimum absolute atomic E-state index is 0.691. The summed E-state index contributed by atoms with van der Waals surface area (Å²) in [6, 6.07) is 0. The highest BCUT2D eigenvalue weighted by molar-refractivity contribution is 6.18. The zero-order chi connectivity index (χ0) is 7.94. The first-order chi connectivity index (χ1) is 5.43. The SMILES string of the molecule is ClCCNCC1=CCCC=C1. The Morgan fingerprint density at radius 1 is 1.45 bits per heavy atom. The molecule has 0 fully saturated rings. The van der Waals surface area contributed by atoms with Crippen LogP contribution in [0.15, 0.2) is 23.8 Å². The number of hydrogen-bond acceptors (Lipinski definition) is 1. The average molecular weight is 172 g/mol. The van der Waals surface area contributed by atoms with Gasteiger partial charge in [-0.15, -0.1) is 11.6 Å². The molecule has 0 aromatic heterocycles. The van der Waals surface area contributed by atoms with E-state index in [1.54, 1.807) is 0 Å². The highest BCUT2D eigenvalue weighted by Gasteiger charge is 1.95. The largest absolute Gasteiger partial charge is 0.312 e. The maximum atomic E-state index is 5.52. The van der Waals surface area contributed by atoms with Gasteiger partial charge in [0.1, 0.15) is 0 Å². The molecule has 0 aliphatic heterocycles. The first-order valence-electron chi connectivity index (χ1n) is 4.06. The summed E-state index contributed by atoms with van der Waals surface area (Å²) >= 11 is 5.52. The predicted molar refractivity (Wildman–Crippen MR) is 50.0 cm³/mol. The van der Waals surface area contributed by atoms with Gasteiger partial charge in [0.15, 0.2) is 0 Å². The van der Waals surface area contributed by atoms with Crippen molar-refractivity contribution >= 4 is 11.6 Å². The molecular weight excluding hydrogens is 158 g/mol. The molecule has 0 unspecified atom stereocenters. The van der Waals surface area contributed by atoms with Gasteiger partial charge in [-0.2, -0.15) is 0 Å². The van der Waals surface area contributed by atoms with Crippen molar-refractivity contribution in [1.29, 1.82) is 0 Å². The summed E-state index contributed by atoms with van der Waals surface area (Å²) < 4.78 is 0. The molecule has 0 amide bonds. The van der Waals surface area contributed by atoms with Gasteiger partial charge in [-0.3, -0.25) is 0 Å². The van der Waals surface area contributed by atoms with E-state index in [2.05, 4.69) is 23.5 Å². The Kier molecular flexibility index (Phi) is 4.32. The fraction of sp³-hybridized carbons (Fsp3) is 0.556. The zero-order valence-corrected chi connectivity index (χ0v) is 7.40. The molecule has 0 radical (unpaired) electrons.